The van der Waals surface area contributed by atoms with Crippen molar-refractivity contribution in [2.75, 3.05) is 20.4 Å². The topological polar surface area (TPSA) is 91.1 Å². The molecule has 1 saturated heterocycles. The number of benzene rings is 1. The van der Waals surface area contributed by atoms with Gasteiger partial charge in [0.25, 0.3) is 0 Å². The van der Waals surface area contributed by atoms with Crippen molar-refractivity contribution in [3.8, 4) is 0 Å². The first-order chi connectivity index (χ1) is 11.1. The van der Waals surface area contributed by atoms with E-state index in [9.17, 15) is 9.59 Å². The summed E-state index contributed by atoms with van der Waals surface area (Å²) in [6.07, 6.45) is 0.194. The summed E-state index contributed by atoms with van der Waals surface area (Å²) in [5.74, 6) is -0.449. The van der Waals surface area contributed by atoms with E-state index in [4.69, 9.17) is 15.2 Å². The molecule has 7 heteroatoms. The van der Waals surface area contributed by atoms with Gasteiger partial charge in [-0.1, -0.05) is 30.3 Å². The first kappa shape index (κ1) is 17.2. The van der Waals surface area contributed by atoms with Crippen molar-refractivity contribution < 1.29 is 23.8 Å². The molecule has 1 amide bonds. The smallest absolute Gasteiger partial charge is 0.410 e. The molecule has 7 nitrogen and oxygen atoms in total. The SMILES string of the molecule is COCOC(=O)C[C@H]1[C@@H](N)CCN1C(=O)OCc1ccccc1. The van der Waals surface area contributed by atoms with Gasteiger partial charge in [0.1, 0.15) is 6.61 Å². The van der Waals surface area contributed by atoms with Gasteiger partial charge in [0, 0.05) is 19.7 Å². The van der Waals surface area contributed by atoms with Crippen molar-refractivity contribution in [3.63, 3.8) is 0 Å². The Bertz CT molecular complexity index is 522. The number of hydrogen-bond donors (Lipinski definition) is 1. The molecule has 1 aromatic carbocycles. The predicted molar refractivity (Wildman–Crippen MR) is 82.3 cm³/mol. The van der Waals surface area contributed by atoms with Crippen LogP contribution in [0.1, 0.15) is 18.4 Å². The van der Waals surface area contributed by atoms with E-state index in [-0.39, 0.29) is 25.9 Å². The minimum absolute atomic E-state index is 0.0327. The fourth-order valence-electron chi connectivity index (χ4n) is 2.52. The summed E-state index contributed by atoms with van der Waals surface area (Å²) in [4.78, 5) is 25.5. The Morgan fingerprint density at radius 3 is 2.70 bits per heavy atom. The van der Waals surface area contributed by atoms with Gasteiger partial charge in [-0.2, -0.15) is 0 Å². The van der Waals surface area contributed by atoms with Gasteiger partial charge in [0.2, 0.25) is 0 Å². The number of esters is 1. The lowest BCUT2D eigenvalue weighted by Gasteiger charge is -2.25. The summed E-state index contributed by atoms with van der Waals surface area (Å²) in [5.41, 5.74) is 6.91. The maximum absolute atomic E-state index is 12.2. The van der Waals surface area contributed by atoms with Gasteiger partial charge in [0.05, 0.1) is 12.5 Å². The van der Waals surface area contributed by atoms with E-state index >= 15 is 0 Å². The van der Waals surface area contributed by atoms with E-state index in [2.05, 4.69) is 4.74 Å². The van der Waals surface area contributed by atoms with Crippen LogP contribution in [0.3, 0.4) is 0 Å². The van der Waals surface area contributed by atoms with E-state index in [0.29, 0.717) is 13.0 Å². The molecule has 1 aromatic rings. The van der Waals surface area contributed by atoms with Crippen LogP contribution in [0.4, 0.5) is 4.79 Å². The number of carbonyl (C=O) groups excluding carboxylic acids is 2. The summed E-state index contributed by atoms with van der Waals surface area (Å²) in [7, 11) is 1.43. The maximum atomic E-state index is 12.2. The average Bonchev–Trinajstić information content (AvgIpc) is 2.92. The molecule has 2 N–H and O–H groups in total. The highest BCUT2D eigenvalue weighted by molar-refractivity contribution is 5.73. The Kier molecular flexibility index (Phi) is 6.37. The molecule has 0 bridgehead atoms. The summed E-state index contributed by atoms with van der Waals surface area (Å²) in [6, 6.07) is 8.72. The van der Waals surface area contributed by atoms with Crippen LogP contribution in [-0.2, 0) is 25.6 Å². The van der Waals surface area contributed by atoms with E-state index in [1.54, 1.807) is 0 Å². The zero-order chi connectivity index (χ0) is 16.7. The third-order valence-corrected chi connectivity index (χ3v) is 3.75. The Labute approximate surface area is 135 Å². The molecule has 0 spiro atoms. The van der Waals surface area contributed by atoms with Crippen LogP contribution in [0.5, 0.6) is 0 Å². The van der Waals surface area contributed by atoms with Crippen molar-refractivity contribution in [1.82, 2.24) is 4.90 Å². The highest BCUT2D eigenvalue weighted by Gasteiger charge is 2.37. The van der Waals surface area contributed by atoms with E-state index in [1.807, 2.05) is 30.3 Å². The van der Waals surface area contributed by atoms with Crippen molar-refractivity contribution in [2.24, 2.45) is 5.73 Å². The molecule has 23 heavy (non-hydrogen) atoms. The zero-order valence-corrected chi connectivity index (χ0v) is 13.1. The zero-order valence-electron chi connectivity index (χ0n) is 13.1. The molecule has 1 heterocycles. The standard InChI is InChI=1S/C16H22N2O5/c1-21-11-23-15(19)9-14-13(17)7-8-18(14)16(20)22-10-12-5-3-2-4-6-12/h2-6,13-14H,7-11,17H2,1H3/t13-,14-/m0/s1. The normalized spacial score (nSPS) is 20.3. The number of amides is 1. The van der Waals surface area contributed by atoms with Crippen LogP contribution in [0, 0.1) is 0 Å². The predicted octanol–water partition coefficient (Wildman–Crippen LogP) is 1.26. The van der Waals surface area contributed by atoms with Gasteiger partial charge < -0.3 is 24.8 Å². The summed E-state index contributed by atoms with van der Waals surface area (Å²) < 4.78 is 14.9. The third kappa shape index (κ3) is 4.94. The summed E-state index contributed by atoms with van der Waals surface area (Å²) in [5, 5.41) is 0. The molecule has 0 radical (unpaired) electrons. The number of nitrogens with zero attached hydrogens (tertiary/aromatic N) is 1. The molecule has 2 atom stereocenters. The molecule has 1 aliphatic rings. The molecular weight excluding hydrogens is 300 g/mol. The molecule has 0 unspecified atom stereocenters. The van der Waals surface area contributed by atoms with E-state index < -0.39 is 18.1 Å². The summed E-state index contributed by atoms with van der Waals surface area (Å²) in [6.45, 7) is 0.544. The number of methoxy groups -OCH3 is 1. The molecule has 0 aliphatic carbocycles. The van der Waals surface area contributed by atoms with Crippen molar-refractivity contribution in [2.45, 2.75) is 31.5 Å². The van der Waals surface area contributed by atoms with Crippen LogP contribution in [-0.4, -0.2) is 49.5 Å². The lowest BCUT2D eigenvalue weighted by molar-refractivity contribution is -0.155. The van der Waals surface area contributed by atoms with Crippen LogP contribution in [0.15, 0.2) is 30.3 Å². The minimum Gasteiger partial charge on any atom is -0.445 e. The lowest BCUT2D eigenvalue weighted by Crippen LogP contribution is -2.44. The third-order valence-electron chi connectivity index (χ3n) is 3.75. The maximum Gasteiger partial charge on any atom is 0.410 e. The number of likely N-dealkylation sites (tertiary alicyclic amines) is 1. The summed E-state index contributed by atoms with van der Waals surface area (Å²) >= 11 is 0. The monoisotopic (exact) mass is 322 g/mol. The molecule has 1 aliphatic heterocycles. The molecular formula is C16H22N2O5. The average molecular weight is 322 g/mol. The number of rotatable bonds is 6. The number of ether oxygens (including phenoxy) is 3. The number of hydrogen-bond acceptors (Lipinski definition) is 6. The Hall–Kier alpha value is -2.12. The largest absolute Gasteiger partial charge is 0.445 e. The molecule has 0 saturated carbocycles. The van der Waals surface area contributed by atoms with Crippen LogP contribution in [0.2, 0.25) is 0 Å². The van der Waals surface area contributed by atoms with Gasteiger partial charge >= 0.3 is 12.1 Å². The first-order valence-electron chi connectivity index (χ1n) is 7.49. The molecule has 126 valence electrons. The molecule has 0 aromatic heterocycles. The van der Waals surface area contributed by atoms with E-state index in [0.717, 1.165) is 5.56 Å². The second-order valence-corrected chi connectivity index (χ2v) is 5.38. The van der Waals surface area contributed by atoms with E-state index in [1.165, 1.54) is 12.0 Å². The fourth-order valence-corrected chi connectivity index (χ4v) is 2.52. The lowest BCUT2D eigenvalue weighted by atomic mass is 10.1. The highest BCUT2D eigenvalue weighted by Crippen LogP contribution is 2.21. The minimum atomic E-state index is -0.466. The Morgan fingerprint density at radius 1 is 1.26 bits per heavy atom. The van der Waals surface area contributed by atoms with Crippen LogP contribution >= 0.6 is 0 Å². The van der Waals surface area contributed by atoms with Crippen LogP contribution in [0.25, 0.3) is 0 Å². The fraction of sp³-hybridized carbons (Fsp3) is 0.500. The van der Waals surface area contributed by atoms with Crippen molar-refractivity contribution in [1.29, 1.82) is 0 Å². The first-order valence-corrected chi connectivity index (χ1v) is 7.49. The Morgan fingerprint density at radius 2 is 2.00 bits per heavy atom. The van der Waals surface area contributed by atoms with Gasteiger partial charge in [0.15, 0.2) is 6.79 Å². The Balaban J connectivity index is 1.88. The van der Waals surface area contributed by atoms with Crippen LogP contribution < -0.4 is 5.73 Å². The van der Waals surface area contributed by atoms with Gasteiger partial charge in [-0.15, -0.1) is 0 Å². The molecule has 2 rings (SSSR count). The molecule has 1 fully saturated rings. The van der Waals surface area contributed by atoms with Gasteiger partial charge in [-0.3, -0.25) is 4.79 Å². The van der Waals surface area contributed by atoms with Gasteiger partial charge in [-0.25, -0.2) is 4.79 Å². The quantitative estimate of drug-likeness (QED) is 0.626. The second kappa shape index (κ2) is 8.50. The number of nitrogens with two attached hydrogens (primary N) is 1. The second-order valence-electron chi connectivity index (χ2n) is 5.38. The number of carbonyl (C=O) groups is 2. The highest BCUT2D eigenvalue weighted by atomic mass is 16.7. The van der Waals surface area contributed by atoms with Crippen molar-refractivity contribution in [3.05, 3.63) is 35.9 Å². The van der Waals surface area contributed by atoms with Gasteiger partial charge in [-0.05, 0) is 12.0 Å². The van der Waals surface area contributed by atoms with Crippen molar-refractivity contribution >= 4 is 12.1 Å².